The van der Waals surface area contributed by atoms with Gasteiger partial charge in [0.2, 0.25) is 0 Å². The number of hydrogen-bond acceptors (Lipinski definition) is 3. The Morgan fingerprint density at radius 2 is 2.06 bits per heavy atom. The molecule has 1 unspecified atom stereocenters. The van der Waals surface area contributed by atoms with Crippen LogP contribution in [0.15, 0.2) is 24.3 Å². The van der Waals surface area contributed by atoms with E-state index in [2.05, 4.69) is 36.0 Å². The smallest absolute Gasteiger partial charge is 0.0314 e. The van der Waals surface area contributed by atoms with Crippen LogP contribution in [-0.4, -0.2) is 43.0 Å². The highest BCUT2D eigenvalue weighted by atomic mass is 15.2. The third-order valence-corrected chi connectivity index (χ3v) is 3.63. The summed E-state index contributed by atoms with van der Waals surface area (Å²) in [5, 5.41) is 0. The summed E-state index contributed by atoms with van der Waals surface area (Å²) in [6.45, 7) is 3.41. The summed E-state index contributed by atoms with van der Waals surface area (Å²) >= 11 is 0. The maximum absolute atomic E-state index is 5.69. The number of nitrogen functional groups attached to an aromatic ring is 1. The van der Waals surface area contributed by atoms with Gasteiger partial charge in [-0.15, -0.1) is 0 Å². The van der Waals surface area contributed by atoms with Crippen LogP contribution >= 0.6 is 0 Å². The second-order valence-electron chi connectivity index (χ2n) is 5.21. The highest BCUT2D eigenvalue weighted by Crippen LogP contribution is 2.16. The first-order valence-electron chi connectivity index (χ1n) is 6.38. The molecule has 1 atom stereocenters. The lowest BCUT2D eigenvalue weighted by atomic mass is 10.1. The largest absolute Gasteiger partial charge is 0.399 e. The first-order valence-corrected chi connectivity index (χ1v) is 6.38. The maximum atomic E-state index is 5.69. The Balaban J connectivity index is 1.84. The molecule has 0 spiro atoms. The van der Waals surface area contributed by atoms with Crippen LogP contribution in [0.4, 0.5) is 5.69 Å². The highest BCUT2D eigenvalue weighted by Gasteiger charge is 2.21. The van der Waals surface area contributed by atoms with E-state index in [9.17, 15) is 0 Å². The topological polar surface area (TPSA) is 32.5 Å². The van der Waals surface area contributed by atoms with Gasteiger partial charge < -0.3 is 15.5 Å². The summed E-state index contributed by atoms with van der Waals surface area (Å²) in [4.78, 5) is 4.87. The van der Waals surface area contributed by atoms with Crippen LogP contribution in [0, 0.1) is 0 Å². The van der Waals surface area contributed by atoms with E-state index in [1.165, 1.54) is 24.9 Å². The van der Waals surface area contributed by atoms with E-state index >= 15 is 0 Å². The number of anilines is 1. The fourth-order valence-corrected chi connectivity index (χ4v) is 2.57. The van der Waals surface area contributed by atoms with E-state index in [1.54, 1.807) is 0 Å². The molecule has 17 heavy (non-hydrogen) atoms. The van der Waals surface area contributed by atoms with Gasteiger partial charge in [0, 0.05) is 24.8 Å². The fraction of sp³-hybridized carbons (Fsp3) is 0.571. The molecular formula is C14H23N3. The molecule has 0 saturated carbocycles. The first kappa shape index (κ1) is 12.4. The van der Waals surface area contributed by atoms with Gasteiger partial charge in [-0.2, -0.15) is 0 Å². The normalized spacial score (nSPS) is 21.2. The van der Waals surface area contributed by atoms with E-state index in [4.69, 9.17) is 5.73 Å². The predicted molar refractivity (Wildman–Crippen MR) is 72.8 cm³/mol. The molecule has 2 rings (SSSR count). The number of nitrogens with zero attached hydrogens (tertiary/aromatic N) is 2. The van der Waals surface area contributed by atoms with Crippen molar-refractivity contribution in [3.05, 3.63) is 29.8 Å². The van der Waals surface area contributed by atoms with Crippen molar-refractivity contribution in [2.24, 2.45) is 0 Å². The summed E-state index contributed by atoms with van der Waals surface area (Å²) in [6, 6.07) is 8.92. The lowest BCUT2D eigenvalue weighted by Gasteiger charge is -2.25. The Hall–Kier alpha value is -1.06. The second kappa shape index (κ2) is 5.52. The fourth-order valence-electron chi connectivity index (χ4n) is 2.57. The highest BCUT2D eigenvalue weighted by molar-refractivity contribution is 5.39. The SMILES string of the molecule is CN(Cc1ccc(N)cc1)CC1CCCN1C. The van der Waals surface area contributed by atoms with Crippen molar-refractivity contribution >= 4 is 5.69 Å². The van der Waals surface area contributed by atoms with Crippen molar-refractivity contribution in [3.8, 4) is 0 Å². The molecule has 3 heteroatoms. The van der Waals surface area contributed by atoms with Crippen molar-refractivity contribution in [1.29, 1.82) is 0 Å². The molecule has 0 bridgehead atoms. The number of likely N-dealkylation sites (N-methyl/N-ethyl adjacent to an activating group) is 2. The molecule has 1 heterocycles. The standard InChI is InChI=1S/C14H23N3/c1-16(11-14-4-3-9-17(14)2)10-12-5-7-13(15)8-6-12/h5-8,14H,3-4,9-11,15H2,1-2H3. The Bertz CT molecular complexity index is 347. The van der Waals surface area contributed by atoms with Gasteiger partial charge in [0.25, 0.3) is 0 Å². The Morgan fingerprint density at radius 3 is 2.65 bits per heavy atom. The average Bonchev–Trinajstić information content (AvgIpc) is 2.68. The molecule has 1 aliphatic heterocycles. The third-order valence-electron chi connectivity index (χ3n) is 3.63. The van der Waals surface area contributed by atoms with E-state index in [0.29, 0.717) is 0 Å². The van der Waals surface area contributed by atoms with Crippen LogP contribution in [0.1, 0.15) is 18.4 Å². The monoisotopic (exact) mass is 233 g/mol. The van der Waals surface area contributed by atoms with E-state index < -0.39 is 0 Å². The van der Waals surface area contributed by atoms with Crippen LogP contribution < -0.4 is 5.73 Å². The van der Waals surface area contributed by atoms with Gasteiger partial charge in [0.05, 0.1) is 0 Å². The van der Waals surface area contributed by atoms with Crippen LogP contribution in [0.25, 0.3) is 0 Å². The van der Waals surface area contributed by atoms with Gasteiger partial charge in [-0.3, -0.25) is 0 Å². The van der Waals surface area contributed by atoms with Crippen molar-refractivity contribution in [3.63, 3.8) is 0 Å². The molecule has 1 saturated heterocycles. The first-order chi connectivity index (χ1) is 8.15. The van der Waals surface area contributed by atoms with E-state index in [1.807, 2.05) is 12.1 Å². The molecular weight excluding hydrogens is 210 g/mol. The Labute approximate surface area is 104 Å². The summed E-state index contributed by atoms with van der Waals surface area (Å²) in [6.07, 6.45) is 2.68. The Morgan fingerprint density at radius 1 is 1.35 bits per heavy atom. The lowest BCUT2D eigenvalue weighted by Crippen LogP contribution is -2.36. The number of benzene rings is 1. The van der Waals surface area contributed by atoms with Crippen molar-refractivity contribution in [2.45, 2.75) is 25.4 Å². The zero-order valence-electron chi connectivity index (χ0n) is 10.9. The number of hydrogen-bond donors (Lipinski definition) is 1. The van der Waals surface area contributed by atoms with Crippen molar-refractivity contribution < 1.29 is 0 Å². The number of rotatable bonds is 4. The molecule has 1 aromatic rings. The maximum Gasteiger partial charge on any atom is 0.0314 e. The number of likely N-dealkylation sites (tertiary alicyclic amines) is 1. The minimum atomic E-state index is 0.730. The summed E-state index contributed by atoms with van der Waals surface area (Å²) < 4.78 is 0. The zero-order chi connectivity index (χ0) is 12.3. The van der Waals surface area contributed by atoms with E-state index in [0.717, 1.165) is 24.8 Å². The second-order valence-corrected chi connectivity index (χ2v) is 5.21. The minimum absolute atomic E-state index is 0.730. The van der Waals surface area contributed by atoms with Crippen LogP contribution in [0.5, 0.6) is 0 Å². The molecule has 3 nitrogen and oxygen atoms in total. The summed E-state index contributed by atoms with van der Waals surface area (Å²) in [7, 11) is 4.43. The van der Waals surface area contributed by atoms with Crippen molar-refractivity contribution in [1.82, 2.24) is 9.80 Å². The molecule has 1 aromatic carbocycles. The van der Waals surface area contributed by atoms with Gasteiger partial charge in [-0.1, -0.05) is 12.1 Å². The molecule has 94 valence electrons. The van der Waals surface area contributed by atoms with Crippen LogP contribution in [0.3, 0.4) is 0 Å². The number of nitrogens with two attached hydrogens (primary N) is 1. The molecule has 2 N–H and O–H groups in total. The quantitative estimate of drug-likeness (QED) is 0.805. The average molecular weight is 233 g/mol. The minimum Gasteiger partial charge on any atom is -0.399 e. The van der Waals surface area contributed by atoms with Crippen molar-refractivity contribution in [2.75, 3.05) is 32.9 Å². The van der Waals surface area contributed by atoms with Crippen LogP contribution in [-0.2, 0) is 6.54 Å². The van der Waals surface area contributed by atoms with Gasteiger partial charge in [0.1, 0.15) is 0 Å². The van der Waals surface area contributed by atoms with Gasteiger partial charge in [0.15, 0.2) is 0 Å². The Kier molecular flexibility index (Phi) is 4.02. The summed E-state index contributed by atoms with van der Waals surface area (Å²) in [5.74, 6) is 0. The molecule has 0 amide bonds. The molecule has 0 aliphatic carbocycles. The lowest BCUT2D eigenvalue weighted by molar-refractivity contribution is 0.215. The van der Waals surface area contributed by atoms with Gasteiger partial charge >= 0.3 is 0 Å². The predicted octanol–water partition coefficient (Wildman–Crippen LogP) is 1.79. The zero-order valence-corrected chi connectivity index (χ0v) is 10.9. The van der Waals surface area contributed by atoms with Gasteiger partial charge in [-0.25, -0.2) is 0 Å². The molecule has 0 radical (unpaired) electrons. The molecule has 1 fully saturated rings. The summed E-state index contributed by atoms with van der Waals surface area (Å²) in [5.41, 5.74) is 7.86. The van der Waals surface area contributed by atoms with Crippen LogP contribution in [0.2, 0.25) is 0 Å². The molecule has 1 aliphatic rings. The third kappa shape index (κ3) is 3.45. The van der Waals surface area contributed by atoms with Gasteiger partial charge in [-0.05, 0) is 51.2 Å². The van der Waals surface area contributed by atoms with E-state index in [-0.39, 0.29) is 0 Å². The molecule has 0 aromatic heterocycles.